The molecule has 3 atom stereocenters. The van der Waals surface area contributed by atoms with Crippen molar-refractivity contribution in [1.29, 1.82) is 0 Å². The molecule has 1 aromatic heterocycles. The first-order chi connectivity index (χ1) is 9.65. The molecule has 20 heavy (non-hydrogen) atoms. The summed E-state index contributed by atoms with van der Waals surface area (Å²) in [4.78, 5) is 14.1. The first-order valence-corrected chi connectivity index (χ1v) is 7.76. The molecule has 3 unspecified atom stereocenters. The van der Waals surface area contributed by atoms with Crippen LogP contribution in [0.2, 0.25) is 0 Å². The lowest BCUT2D eigenvalue weighted by atomic mass is 10.2. The maximum atomic E-state index is 12.2. The monoisotopic (exact) mass is 276 g/mol. The number of hydrogen-bond donors (Lipinski definition) is 1. The van der Waals surface area contributed by atoms with Gasteiger partial charge >= 0.3 is 0 Å². The Balaban J connectivity index is 1.48. The first kappa shape index (κ1) is 13.7. The highest BCUT2D eigenvalue weighted by molar-refractivity contribution is 5.81. The molecule has 110 valence electrons. The molecule has 0 bridgehead atoms. The molecule has 2 fully saturated rings. The summed E-state index contributed by atoms with van der Waals surface area (Å²) in [6.07, 6.45) is 3.52. The molecule has 1 saturated carbocycles. The van der Waals surface area contributed by atoms with Gasteiger partial charge in [-0.3, -0.25) is 10.1 Å². The fourth-order valence-electron chi connectivity index (χ4n) is 2.96. The Morgan fingerprint density at radius 1 is 1.45 bits per heavy atom. The number of nitrogens with zero attached hydrogens (tertiary/aromatic N) is 1. The number of furan rings is 1. The molecular weight excluding hydrogens is 252 g/mol. The maximum absolute atomic E-state index is 12.2. The van der Waals surface area contributed by atoms with E-state index in [4.69, 9.17) is 4.42 Å². The third kappa shape index (κ3) is 2.90. The lowest BCUT2D eigenvalue weighted by molar-refractivity contribution is -0.132. The van der Waals surface area contributed by atoms with Crippen LogP contribution in [0.25, 0.3) is 0 Å². The molecule has 0 aromatic carbocycles. The molecule has 1 saturated heterocycles. The molecule has 1 amide bonds. The summed E-state index contributed by atoms with van der Waals surface area (Å²) in [7, 11) is 0. The van der Waals surface area contributed by atoms with Crippen molar-refractivity contribution in [2.24, 2.45) is 5.92 Å². The van der Waals surface area contributed by atoms with Crippen LogP contribution in [0, 0.1) is 5.92 Å². The summed E-state index contributed by atoms with van der Waals surface area (Å²) in [6.45, 7) is 6.64. The molecule has 1 N–H and O–H groups in total. The van der Waals surface area contributed by atoms with Crippen molar-refractivity contribution >= 4 is 5.91 Å². The second-order valence-corrected chi connectivity index (χ2v) is 6.26. The topological polar surface area (TPSA) is 45.5 Å². The molecule has 1 aromatic rings. The smallest absolute Gasteiger partial charge is 0.239 e. The van der Waals surface area contributed by atoms with Gasteiger partial charge in [0.25, 0.3) is 0 Å². The lowest BCUT2D eigenvalue weighted by Gasteiger charge is -2.20. The fourth-order valence-corrected chi connectivity index (χ4v) is 2.96. The summed E-state index contributed by atoms with van der Waals surface area (Å²) >= 11 is 0. The molecule has 1 aliphatic heterocycles. The highest BCUT2D eigenvalue weighted by Gasteiger charge is 2.36. The third-order valence-corrected chi connectivity index (χ3v) is 4.53. The predicted octanol–water partition coefficient (Wildman–Crippen LogP) is 2.50. The van der Waals surface area contributed by atoms with Crippen molar-refractivity contribution in [3.63, 3.8) is 0 Å². The molecule has 2 heterocycles. The minimum atomic E-state index is -0.138. The average Bonchev–Trinajstić information content (AvgIpc) is 2.94. The van der Waals surface area contributed by atoms with Crippen LogP contribution in [0.1, 0.15) is 50.5 Å². The Kier molecular flexibility index (Phi) is 3.83. The van der Waals surface area contributed by atoms with E-state index < -0.39 is 0 Å². The Morgan fingerprint density at radius 3 is 2.80 bits per heavy atom. The van der Waals surface area contributed by atoms with Crippen LogP contribution >= 0.6 is 0 Å². The number of amides is 1. The quantitative estimate of drug-likeness (QED) is 0.898. The van der Waals surface area contributed by atoms with Gasteiger partial charge in [0.1, 0.15) is 11.5 Å². The van der Waals surface area contributed by atoms with Gasteiger partial charge in [-0.05, 0) is 44.2 Å². The van der Waals surface area contributed by atoms with E-state index in [2.05, 4.69) is 18.3 Å². The average molecular weight is 276 g/mol. The molecular formula is C16H24N2O2. The molecule has 3 rings (SSSR count). The van der Waals surface area contributed by atoms with E-state index in [0.29, 0.717) is 12.5 Å². The van der Waals surface area contributed by atoms with Crippen molar-refractivity contribution in [2.75, 3.05) is 13.1 Å². The fraction of sp³-hybridized carbons (Fsp3) is 0.688. The van der Waals surface area contributed by atoms with Crippen LogP contribution in [0.15, 0.2) is 16.5 Å². The molecule has 4 nitrogen and oxygen atoms in total. The first-order valence-electron chi connectivity index (χ1n) is 7.76. The van der Waals surface area contributed by atoms with Gasteiger partial charge in [-0.1, -0.05) is 6.92 Å². The summed E-state index contributed by atoms with van der Waals surface area (Å²) in [5.74, 6) is 3.63. The second-order valence-electron chi connectivity index (χ2n) is 6.26. The summed E-state index contributed by atoms with van der Waals surface area (Å²) in [5, 5.41) is 3.27. The number of likely N-dealkylation sites (tertiary alicyclic amines) is 1. The van der Waals surface area contributed by atoms with Crippen molar-refractivity contribution < 1.29 is 9.21 Å². The van der Waals surface area contributed by atoms with Gasteiger partial charge in [-0.15, -0.1) is 0 Å². The van der Waals surface area contributed by atoms with Crippen LogP contribution in [0.3, 0.4) is 0 Å². The zero-order chi connectivity index (χ0) is 14.1. The van der Waals surface area contributed by atoms with E-state index in [9.17, 15) is 4.79 Å². The highest BCUT2D eigenvalue weighted by atomic mass is 16.3. The van der Waals surface area contributed by atoms with Gasteiger partial charge in [0, 0.05) is 19.0 Å². The van der Waals surface area contributed by atoms with Crippen LogP contribution in [-0.4, -0.2) is 29.9 Å². The van der Waals surface area contributed by atoms with E-state index >= 15 is 0 Å². The largest absolute Gasteiger partial charge is 0.464 e. The van der Waals surface area contributed by atoms with E-state index in [1.54, 1.807) is 0 Å². The van der Waals surface area contributed by atoms with Gasteiger partial charge < -0.3 is 9.32 Å². The van der Waals surface area contributed by atoms with Crippen molar-refractivity contribution in [3.05, 3.63) is 23.7 Å². The summed E-state index contributed by atoms with van der Waals surface area (Å²) in [5.41, 5.74) is 0. The van der Waals surface area contributed by atoms with Gasteiger partial charge in [0.15, 0.2) is 0 Å². The normalized spacial score (nSPS) is 26.8. The van der Waals surface area contributed by atoms with Crippen molar-refractivity contribution in [2.45, 2.75) is 51.6 Å². The van der Waals surface area contributed by atoms with Gasteiger partial charge in [-0.25, -0.2) is 0 Å². The van der Waals surface area contributed by atoms with Crippen molar-refractivity contribution in [3.8, 4) is 0 Å². The Morgan fingerprint density at radius 2 is 2.15 bits per heavy atom. The van der Waals surface area contributed by atoms with Crippen LogP contribution in [0.5, 0.6) is 0 Å². The van der Waals surface area contributed by atoms with Gasteiger partial charge in [0.05, 0.1) is 12.6 Å². The van der Waals surface area contributed by atoms with Crippen molar-refractivity contribution in [1.82, 2.24) is 10.2 Å². The van der Waals surface area contributed by atoms with E-state index in [0.717, 1.165) is 43.4 Å². The predicted molar refractivity (Wildman–Crippen MR) is 77.3 cm³/mol. The summed E-state index contributed by atoms with van der Waals surface area (Å²) < 4.78 is 5.85. The van der Waals surface area contributed by atoms with Crippen LogP contribution in [-0.2, 0) is 11.3 Å². The molecule has 2 aliphatic rings. The zero-order valence-electron chi connectivity index (χ0n) is 12.4. The van der Waals surface area contributed by atoms with Gasteiger partial charge in [-0.2, -0.15) is 0 Å². The lowest BCUT2D eigenvalue weighted by Crippen LogP contribution is -2.43. The Bertz CT molecular complexity index is 477. The van der Waals surface area contributed by atoms with E-state index in [1.807, 2.05) is 17.9 Å². The van der Waals surface area contributed by atoms with Crippen LogP contribution in [0.4, 0.5) is 0 Å². The Hall–Kier alpha value is -1.29. The molecule has 1 aliphatic carbocycles. The molecule has 4 heteroatoms. The minimum absolute atomic E-state index is 0.138. The SMILES string of the molecule is CC(NCc1ccc(C2CC2C)o1)C(=O)N1CCCC1. The number of hydrogen-bond acceptors (Lipinski definition) is 3. The number of carbonyl (C=O) groups is 1. The zero-order valence-corrected chi connectivity index (χ0v) is 12.4. The highest BCUT2D eigenvalue weighted by Crippen LogP contribution is 2.47. The summed E-state index contributed by atoms with van der Waals surface area (Å²) in [6, 6.07) is 3.97. The number of carbonyl (C=O) groups excluding carboxylic acids is 1. The number of rotatable bonds is 5. The van der Waals surface area contributed by atoms with E-state index in [-0.39, 0.29) is 11.9 Å². The second kappa shape index (κ2) is 5.60. The standard InChI is InChI=1S/C16H24N2O2/c1-11-9-14(11)15-6-5-13(20-15)10-17-12(2)16(19)18-7-3-4-8-18/h5-6,11-12,14,17H,3-4,7-10H2,1-2H3. The number of nitrogens with one attached hydrogen (secondary N) is 1. The molecule has 0 radical (unpaired) electrons. The van der Waals surface area contributed by atoms with Gasteiger partial charge in [0.2, 0.25) is 5.91 Å². The van der Waals surface area contributed by atoms with Crippen LogP contribution < -0.4 is 5.32 Å². The third-order valence-electron chi connectivity index (χ3n) is 4.53. The van der Waals surface area contributed by atoms with E-state index in [1.165, 1.54) is 6.42 Å². The maximum Gasteiger partial charge on any atom is 0.239 e. The Labute approximate surface area is 120 Å². The minimum Gasteiger partial charge on any atom is -0.464 e. The molecule has 0 spiro atoms.